The van der Waals surface area contributed by atoms with E-state index in [1.165, 1.54) is 0 Å². The number of nitrogens with zero attached hydrogens (tertiary/aromatic N) is 1. The molecule has 1 amide bonds. The van der Waals surface area contributed by atoms with Gasteiger partial charge in [-0.1, -0.05) is 24.3 Å². The average Bonchev–Trinajstić information content (AvgIpc) is 2.63. The van der Waals surface area contributed by atoms with E-state index in [0.717, 1.165) is 43.9 Å². The zero-order valence-corrected chi connectivity index (χ0v) is 13.2. The molecule has 1 aliphatic rings. The molecule has 1 fully saturated rings. The van der Waals surface area contributed by atoms with Crippen LogP contribution in [0.1, 0.15) is 23.2 Å². The molecular weight excluding hydrogens is 286 g/mol. The van der Waals surface area contributed by atoms with Crippen LogP contribution in [0.4, 0.5) is 11.4 Å². The van der Waals surface area contributed by atoms with Crippen molar-refractivity contribution < 1.29 is 4.79 Å². The molecule has 3 N–H and O–H groups in total. The Kier molecular flexibility index (Phi) is 4.93. The summed E-state index contributed by atoms with van der Waals surface area (Å²) < 4.78 is 0. The molecule has 1 radical (unpaired) electrons. The Bertz CT molecular complexity index is 649. The molecule has 2 aromatic carbocycles. The van der Waals surface area contributed by atoms with Gasteiger partial charge in [-0.3, -0.25) is 4.79 Å². The Hall–Kier alpha value is -2.33. The third-order valence-electron chi connectivity index (χ3n) is 4.37. The van der Waals surface area contributed by atoms with Gasteiger partial charge in [-0.15, -0.1) is 0 Å². The summed E-state index contributed by atoms with van der Waals surface area (Å²) in [6.07, 6.45) is 2.20. The minimum absolute atomic E-state index is 0.0942. The van der Waals surface area contributed by atoms with Crippen LogP contribution in [0.25, 0.3) is 0 Å². The number of carbonyl (C=O) groups excluding carboxylic acids is 1. The van der Waals surface area contributed by atoms with Crippen molar-refractivity contribution >= 4 is 17.3 Å². The van der Waals surface area contributed by atoms with E-state index in [1.807, 2.05) is 42.5 Å². The number of hydrogen-bond donors (Lipinski definition) is 2. The molecule has 0 atom stereocenters. The molecule has 119 valence electrons. The second-order valence-electron chi connectivity index (χ2n) is 5.95. The minimum Gasteiger partial charge on any atom is -0.371 e. The highest BCUT2D eigenvalue weighted by molar-refractivity contribution is 6.04. The van der Waals surface area contributed by atoms with E-state index in [9.17, 15) is 4.79 Å². The van der Waals surface area contributed by atoms with Crippen molar-refractivity contribution in [2.75, 3.05) is 29.9 Å². The molecule has 1 aliphatic heterocycles. The molecule has 1 heterocycles. The predicted molar refractivity (Wildman–Crippen MR) is 93.7 cm³/mol. The van der Waals surface area contributed by atoms with Crippen LogP contribution in [0.15, 0.2) is 48.5 Å². The molecule has 4 nitrogen and oxygen atoms in total. The maximum Gasteiger partial charge on any atom is 0.255 e. The van der Waals surface area contributed by atoms with Crippen LogP contribution in [0.2, 0.25) is 0 Å². The fourth-order valence-electron chi connectivity index (χ4n) is 2.91. The monoisotopic (exact) mass is 308 g/mol. The van der Waals surface area contributed by atoms with Crippen LogP contribution < -0.4 is 16.0 Å². The molecular formula is C19H22N3O. The maximum atomic E-state index is 12.4. The molecule has 0 bridgehead atoms. The van der Waals surface area contributed by atoms with Gasteiger partial charge in [-0.25, -0.2) is 0 Å². The number of nitrogens with one attached hydrogen (secondary N) is 1. The Balaban J connectivity index is 1.69. The van der Waals surface area contributed by atoms with Gasteiger partial charge < -0.3 is 16.0 Å². The van der Waals surface area contributed by atoms with E-state index < -0.39 is 0 Å². The van der Waals surface area contributed by atoms with Crippen LogP contribution in [0.5, 0.6) is 0 Å². The van der Waals surface area contributed by atoms with Crippen LogP contribution in [-0.2, 0) is 0 Å². The van der Waals surface area contributed by atoms with Crippen LogP contribution >= 0.6 is 0 Å². The van der Waals surface area contributed by atoms with Crippen molar-refractivity contribution in [2.24, 2.45) is 11.7 Å². The molecule has 23 heavy (non-hydrogen) atoms. The van der Waals surface area contributed by atoms with Crippen molar-refractivity contribution in [3.63, 3.8) is 0 Å². The largest absolute Gasteiger partial charge is 0.371 e. The number of hydrogen-bond acceptors (Lipinski definition) is 3. The van der Waals surface area contributed by atoms with Gasteiger partial charge in [0, 0.05) is 36.1 Å². The summed E-state index contributed by atoms with van der Waals surface area (Å²) in [6, 6.07) is 18.3. The minimum atomic E-state index is -0.0942. The fraction of sp³-hybridized carbons (Fsp3) is 0.316. The van der Waals surface area contributed by atoms with E-state index in [2.05, 4.69) is 16.3 Å². The second kappa shape index (κ2) is 7.29. The van der Waals surface area contributed by atoms with Gasteiger partial charge in [0.05, 0.1) is 0 Å². The van der Waals surface area contributed by atoms with Gasteiger partial charge in [0.15, 0.2) is 0 Å². The zero-order chi connectivity index (χ0) is 16.1. The van der Waals surface area contributed by atoms with Crippen molar-refractivity contribution in [2.45, 2.75) is 12.8 Å². The highest BCUT2D eigenvalue weighted by atomic mass is 16.1. The molecule has 0 aliphatic carbocycles. The van der Waals surface area contributed by atoms with Crippen molar-refractivity contribution in [1.82, 2.24) is 0 Å². The number of carbonyl (C=O) groups is 1. The third-order valence-corrected chi connectivity index (χ3v) is 4.37. The number of piperidine rings is 1. The van der Waals surface area contributed by atoms with Crippen molar-refractivity contribution in [3.05, 3.63) is 60.2 Å². The molecule has 1 saturated heterocycles. The van der Waals surface area contributed by atoms with E-state index in [1.54, 1.807) is 6.07 Å². The van der Waals surface area contributed by atoms with Crippen LogP contribution in [-0.4, -0.2) is 25.5 Å². The summed E-state index contributed by atoms with van der Waals surface area (Å²) in [6.45, 7) is 2.71. The average molecular weight is 308 g/mol. The summed E-state index contributed by atoms with van der Waals surface area (Å²) in [4.78, 5) is 14.7. The van der Waals surface area contributed by atoms with E-state index in [-0.39, 0.29) is 5.91 Å². The number of para-hydroxylation sites is 1. The summed E-state index contributed by atoms with van der Waals surface area (Å²) in [7, 11) is 0. The first-order valence-electron chi connectivity index (χ1n) is 8.09. The van der Waals surface area contributed by atoms with E-state index >= 15 is 0 Å². The summed E-state index contributed by atoms with van der Waals surface area (Å²) in [5, 5.41) is 2.92. The van der Waals surface area contributed by atoms with Crippen molar-refractivity contribution in [1.29, 1.82) is 0 Å². The lowest BCUT2D eigenvalue weighted by Crippen LogP contribution is -2.36. The van der Waals surface area contributed by atoms with Crippen molar-refractivity contribution in [3.8, 4) is 0 Å². The van der Waals surface area contributed by atoms with Gasteiger partial charge in [-0.2, -0.15) is 0 Å². The quantitative estimate of drug-likeness (QED) is 0.913. The lowest BCUT2D eigenvalue weighted by Gasteiger charge is -2.33. The van der Waals surface area contributed by atoms with Gasteiger partial charge in [0.25, 0.3) is 5.91 Å². The number of nitrogens with two attached hydrogens (primary N) is 1. The number of benzene rings is 2. The Morgan fingerprint density at radius 2 is 1.96 bits per heavy atom. The zero-order valence-electron chi connectivity index (χ0n) is 13.2. The normalized spacial score (nSPS) is 15.4. The standard InChI is InChI=1S/C19H22N3O/c20-14-15-9-11-22(12-10-15)18-8-4-5-16(13-18)19(23)21-17-6-2-1-3-7-17/h1-7,13,15H,9-12,14,20H2,(H,21,23). The van der Waals surface area contributed by atoms with E-state index in [4.69, 9.17) is 5.73 Å². The first kappa shape index (κ1) is 15.6. The van der Waals surface area contributed by atoms with Gasteiger partial charge in [0.1, 0.15) is 0 Å². The maximum absolute atomic E-state index is 12.4. The lowest BCUT2D eigenvalue weighted by molar-refractivity contribution is 0.102. The predicted octanol–water partition coefficient (Wildman–Crippen LogP) is 2.91. The second-order valence-corrected chi connectivity index (χ2v) is 5.95. The Morgan fingerprint density at radius 1 is 1.22 bits per heavy atom. The van der Waals surface area contributed by atoms with E-state index in [0.29, 0.717) is 11.5 Å². The number of amides is 1. The third kappa shape index (κ3) is 3.90. The molecule has 0 spiro atoms. The molecule has 0 saturated carbocycles. The lowest BCUT2D eigenvalue weighted by atomic mass is 9.96. The molecule has 3 rings (SSSR count). The molecule has 0 unspecified atom stereocenters. The summed E-state index contributed by atoms with van der Waals surface area (Å²) >= 11 is 0. The van der Waals surface area contributed by atoms with Gasteiger partial charge >= 0.3 is 0 Å². The first-order valence-corrected chi connectivity index (χ1v) is 8.09. The number of anilines is 2. The Labute approximate surface area is 137 Å². The number of rotatable bonds is 4. The van der Waals surface area contributed by atoms with Crippen LogP contribution in [0.3, 0.4) is 0 Å². The molecule has 4 heteroatoms. The molecule has 2 aromatic rings. The van der Waals surface area contributed by atoms with Gasteiger partial charge in [-0.05, 0) is 49.6 Å². The SMILES string of the molecule is NCC1CCN(c2[c]ccc(C(=O)Nc3ccccc3)c2)CC1. The smallest absolute Gasteiger partial charge is 0.255 e. The Morgan fingerprint density at radius 3 is 2.65 bits per heavy atom. The molecule has 0 aromatic heterocycles. The van der Waals surface area contributed by atoms with Gasteiger partial charge in [0.2, 0.25) is 0 Å². The highest BCUT2D eigenvalue weighted by Crippen LogP contribution is 2.23. The summed E-state index contributed by atoms with van der Waals surface area (Å²) in [5.41, 5.74) is 8.19. The fourth-order valence-corrected chi connectivity index (χ4v) is 2.91. The highest BCUT2D eigenvalue weighted by Gasteiger charge is 2.19. The topological polar surface area (TPSA) is 58.4 Å². The first-order chi connectivity index (χ1) is 11.3. The summed E-state index contributed by atoms with van der Waals surface area (Å²) in [5.74, 6) is 0.527. The van der Waals surface area contributed by atoms with Crippen LogP contribution in [0, 0.1) is 12.0 Å².